The molecule has 2 N–H and O–H groups in total. The van der Waals surface area contributed by atoms with Gasteiger partial charge >= 0.3 is 0 Å². The van der Waals surface area contributed by atoms with Gasteiger partial charge < -0.3 is 15.1 Å². The molecular formula is C30H32N4O. The molecule has 1 aromatic heterocycles. The number of hydrogen-bond acceptors (Lipinski definition) is 5. The van der Waals surface area contributed by atoms with Gasteiger partial charge in [0.05, 0.1) is 18.3 Å². The second-order valence-corrected chi connectivity index (χ2v) is 10.5. The van der Waals surface area contributed by atoms with Crippen LogP contribution >= 0.6 is 0 Å². The van der Waals surface area contributed by atoms with Gasteiger partial charge in [0, 0.05) is 34.3 Å². The summed E-state index contributed by atoms with van der Waals surface area (Å²) in [5, 5.41) is 7.32. The summed E-state index contributed by atoms with van der Waals surface area (Å²) in [4.78, 5) is 9.94. The minimum Gasteiger partial charge on any atom is -0.464 e. The Labute approximate surface area is 206 Å². The first-order valence-corrected chi connectivity index (χ1v) is 13.3. The van der Waals surface area contributed by atoms with Crippen molar-refractivity contribution in [2.24, 2.45) is 9.98 Å². The summed E-state index contributed by atoms with van der Waals surface area (Å²) < 4.78 is 5.96. The fourth-order valence-corrected chi connectivity index (χ4v) is 6.29. The lowest BCUT2D eigenvalue weighted by molar-refractivity contribution is 0.385. The SMILES string of the molecule is c1cc(-c2ccc(C3=NC4CCCCC4N3)cc2)c(-c2ccc(C3=NC4CCCCC4N3)cc2)o1. The van der Waals surface area contributed by atoms with Gasteiger partial charge in [-0.05, 0) is 37.3 Å². The highest BCUT2D eigenvalue weighted by Gasteiger charge is 2.32. The zero-order valence-corrected chi connectivity index (χ0v) is 20.0. The lowest BCUT2D eigenvalue weighted by Gasteiger charge is -2.23. The maximum atomic E-state index is 5.96. The van der Waals surface area contributed by atoms with Gasteiger partial charge in [0.1, 0.15) is 17.4 Å². The van der Waals surface area contributed by atoms with E-state index in [0.717, 1.165) is 39.7 Å². The Morgan fingerprint density at radius 1 is 0.571 bits per heavy atom. The normalized spacial score (nSPS) is 27.3. The molecule has 35 heavy (non-hydrogen) atoms. The minimum absolute atomic E-state index is 0.451. The van der Waals surface area contributed by atoms with Crippen LogP contribution in [0.4, 0.5) is 0 Å². The van der Waals surface area contributed by atoms with Crippen LogP contribution in [0, 0.1) is 0 Å². The van der Waals surface area contributed by atoms with Gasteiger partial charge in [-0.3, -0.25) is 9.98 Å². The fraction of sp³-hybridized carbons (Fsp3) is 0.400. The van der Waals surface area contributed by atoms with Gasteiger partial charge in [-0.15, -0.1) is 0 Å². The Morgan fingerprint density at radius 2 is 1.06 bits per heavy atom. The van der Waals surface area contributed by atoms with E-state index in [1.54, 1.807) is 6.26 Å². The number of rotatable bonds is 4. The van der Waals surface area contributed by atoms with Gasteiger partial charge in [0.25, 0.3) is 0 Å². The van der Waals surface area contributed by atoms with Gasteiger partial charge in [0.15, 0.2) is 0 Å². The molecule has 5 nitrogen and oxygen atoms in total. The summed E-state index contributed by atoms with van der Waals surface area (Å²) in [5.74, 6) is 3.01. The number of fused-ring (bicyclic) bond motifs is 2. The molecule has 0 amide bonds. The Bertz CT molecular complexity index is 1170. The van der Waals surface area contributed by atoms with Crippen LogP contribution in [0.1, 0.15) is 62.5 Å². The van der Waals surface area contributed by atoms with Crippen molar-refractivity contribution in [1.82, 2.24) is 10.6 Å². The van der Waals surface area contributed by atoms with E-state index >= 15 is 0 Å². The number of aliphatic imine (C=N–C) groups is 2. The molecule has 2 aliphatic carbocycles. The largest absolute Gasteiger partial charge is 0.464 e. The van der Waals surface area contributed by atoms with Crippen molar-refractivity contribution in [3.63, 3.8) is 0 Å². The predicted octanol–water partition coefficient (Wildman–Crippen LogP) is 5.94. The van der Waals surface area contributed by atoms with Crippen LogP contribution in [-0.2, 0) is 0 Å². The van der Waals surface area contributed by atoms with Gasteiger partial charge in [-0.2, -0.15) is 0 Å². The summed E-state index contributed by atoms with van der Waals surface area (Å²) in [6.45, 7) is 0. The summed E-state index contributed by atoms with van der Waals surface area (Å²) in [7, 11) is 0. The third kappa shape index (κ3) is 3.87. The summed E-state index contributed by atoms with van der Waals surface area (Å²) in [6.07, 6.45) is 11.9. The van der Waals surface area contributed by atoms with Crippen LogP contribution in [0.3, 0.4) is 0 Å². The van der Waals surface area contributed by atoms with Crippen LogP contribution in [0.2, 0.25) is 0 Å². The van der Waals surface area contributed by atoms with E-state index in [4.69, 9.17) is 14.4 Å². The van der Waals surface area contributed by atoms with E-state index in [0.29, 0.717) is 24.2 Å². The Hall–Kier alpha value is -3.34. The summed E-state index contributed by atoms with van der Waals surface area (Å²) in [6, 6.07) is 21.4. The van der Waals surface area contributed by atoms with E-state index in [9.17, 15) is 0 Å². The molecule has 0 bridgehead atoms. The van der Waals surface area contributed by atoms with E-state index in [2.05, 4.69) is 65.2 Å². The molecule has 7 rings (SSSR count). The molecule has 3 heterocycles. The van der Waals surface area contributed by atoms with Crippen molar-refractivity contribution >= 4 is 11.7 Å². The second-order valence-electron chi connectivity index (χ2n) is 10.5. The molecule has 4 unspecified atom stereocenters. The van der Waals surface area contributed by atoms with E-state index in [1.165, 1.54) is 56.9 Å². The average molecular weight is 465 g/mol. The van der Waals surface area contributed by atoms with Gasteiger partial charge in [0.2, 0.25) is 0 Å². The Morgan fingerprint density at radius 3 is 1.60 bits per heavy atom. The molecular weight excluding hydrogens is 432 g/mol. The van der Waals surface area contributed by atoms with E-state index < -0.39 is 0 Å². The van der Waals surface area contributed by atoms with Crippen molar-refractivity contribution < 1.29 is 4.42 Å². The van der Waals surface area contributed by atoms with Crippen molar-refractivity contribution in [3.05, 3.63) is 72.0 Å². The Balaban J connectivity index is 1.10. The fourth-order valence-electron chi connectivity index (χ4n) is 6.29. The first-order chi connectivity index (χ1) is 17.3. The lowest BCUT2D eigenvalue weighted by Crippen LogP contribution is -2.36. The van der Waals surface area contributed by atoms with Crippen LogP contribution in [-0.4, -0.2) is 35.8 Å². The molecule has 0 saturated heterocycles. The maximum absolute atomic E-state index is 5.96. The second kappa shape index (κ2) is 8.71. The molecule has 2 aliphatic heterocycles. The van der Waals surface area contributed by atoms with Crippen LogP contribution < -0.4 is 10.6 Å². The van der Waals surface area contributed by atoms with Crippen molar-refractivity contribution in [2.45, 2.75) is 75.5 Å². The molecule has 2 aromatic carbocycles. The highest BCUT2D eigenvalue weighted by Crippen LogP contribution is 2.34. The monoisotopic (exact) mass is 464 g/mol. The molecule has 4 atom stereocenters. The number of furan rings is 1. The third-order valence-electron chi connectivity index (χ3n) is 8.25. The molecule has 0 spiro atoms. The molecule has 2 saturated carbocycles. The zero-order valence-electron chi connectivity index (χ0n) is 20.0. The number of nitrogens with one attached hydrogen (secondary N) is 2. The van der Waals surface area contributed by atoms with Crippen molar-refractivity contribution in [2.75, 3.05) is 0 Å². The molecule has 4 aliphatic rings. The molecule has 5 heteroatoms. The Kier molecular flexibility index (Phi) is 5.22. The van der Waals surface area contributed by atoms with Crippen LogP contribution in [0.15, 0.2) is 75.3 Å². The van der Waals surface area contributed by atoms with Crippen LogP contribution in [0.5, 0.6) is 0 Å². The molecule has 0 radical (unpaired) electrons. The highest BCUT2D eigenvalue weighted by atomic mass is 16.3. The van der Waals surface area contributed by atoms with Gasteiger partial charge in [-0.1, -0.05) is 74.2 Å². The molecule has 2 fully saturated rings. The quantitative estimate of drug-likeness (QED) is 0.503. The number of hydrogen-bond donors (Lipinski definition) is 2. The number of amidine groups is 2. The summed E-state index contributed by atoms with van der Waals surface area (Å²) in [5.41, 5.74) is 5.68. The van der Waals surface area contributed by atoms with Crippen molar-refractivity contribution in [1.29, 1.82) is 0 Å². The standard InChI is InChI=1S/C30H32N4O/c1-2-6-25-24(5-1)31-29(32-25)21-13-9-19(10-14-21)23-17-18-35-28(23)20-11-15-22(16-12-20)30-33-26-7-3-4-8-27(26)34-30/h9-18,24-27H,1-8H2,(H,31,32)(H,33,34). The highest BCUT2D eigenvalue weighted by molar-refractivity contribution is 6.01. The predicted molar refractivity (Wildman–Crippen MR) is 141 cm³/mol. The lowest BCUT2D eigenvalue weighted by atomic mass is 9.92. The van der Waals surface area contributed by atoms with Gasteiger partial charge in [-0.25, -0.2) is 0 Å². The topological polar surface area (TPSA) is 61.9 Å². The number of benzene rings is 2. The van der Waals surface area contributed by atoms with Crippen LogP contribution in [0.25, 0.3) is 22.5 Å². The molecule has 3 aromatic rings. The first-order valence-electron chi connectivity index (χ1n) is 13.3. The zero-order chi connectivity index (χ0) is 23.2. The molecule has 178 valence electrons. The van der Waals surface area contributed by atoms with E-state index in [-0.39, 0.29) is 0 Å². The maximum Gasteiger partial charge on any atom is 0.141 e. The van der Waals surface area contributed by atoms with Crippen molar-refractivity contribution in [3.8, 4) is 22.5 Å². The number of nitrogens with zero attached hydrogens (tertiary/aromatic N) is 2. The summed E-state index contributed by atoms with van der Waals surface area (Å²) >= 11 is 0. The average Bonchev–Trinajstić information content (AvgIpc) is 3.67. The minimum atomic E-state index is 0.451. The third-order valence-corrected chi connectivity index (χ3v) is 8.25. The smallest absolute Gasteiger partial charge is 0.141 e. The van der Waals surface area contributed by atoms with E-state index in [1.807, 2.05) is 0 Å². The first kappa shape index (κ1) is 21.0.